The van der Waals surface area contributed by atoms with E-state index >= 15 is 0 Å². The van der Waals surface area contributed by atoms with Gasteiger partial charge in [0.15, 0.2) is 0 Å². The van der Waals surface area contributed by atoms with Gasteiger partial charge in [-0.3, -0.25) is 4.98 Å². The molecule has 3 heterocycles. The molecule has 3 aromatic heterocycles. The lowest BCUT2D eigenvalue weighted by atomic mass is 9.87. The molecule has 0 amide bonds. The third-order valence-electron chi connectivity index (χ3n) is 12.4. The summed E-state index contributed by atoms with van der Waals surface area (Å²) in [6, 6.07) is 58.1. The van der Waals surface area contributed by atoms with Crippen molar-refractivity contribution in [3.05, 3.63) is 273 Å². The summed E-state index contributed by atoms with van der Waals surface area (Å²) in [7, 11) is 0. The van der Waals surface area contributed by atoms with Crippen molar-refractivity contribution in [3.8, 4) is 112 Å². The summed E-state index contributed by atoms with van der Waals surface area (Å²) in [5.41, 5.74) is 14.8. The summed E-state index contributed by atoms with van der Waals surface area (Å²) >= 11 is 0. The van der Waals surface area contributed by atoms with Crippen molar-refractivity contribution in [2.24, 2.45) is 0 Å². The van der Waals surface area contributed by atoms with Crippen LogP contribution in [-0.4, -0.2) is 24.5 Å². The minimum Gasteiger partial charge on any atom is -0.256 e. The average Bonchev–Trinajstić information content (AvgIpc) is 4.35. The van der Waals surface area contributed by atoms with Crippen molar-refractivity contribution >= 4 is 0 Å². The van der Waals surface area contributed by atoms with Crippen LogP contribution in [0.1, 0.15) is 12.3 Å². The van der Waals surface area contributed by atoms with Crippen LogP contribution in [0.15, 0.2) is 273 Å². The molecule has 12 rings (SSSR count). The molecule has 0 radical (unpaired) electrons. The van der Waals surface area contributed by atoms with Gasteiger partial charge in [-0.05, 0) is 127 Å². The Balaban J connectivity index is 0.941. The van der Waals surface area contributed by atoms with Gasteiger partial charge in [-0.25, -0.2) is 9.36 Å². The summed E-state index contributed by atoms with van der Waals surface area (Å²) in [6.07, 6.45) is 9.78. The Morgan fingerprint density at radius 3 is 1.16 bits per heavy atom. The Labute approximate surface area is 420 Å². The van der Waals surface area contributed by atoms with E-state index in [0.717, 1.165) is 78.1 Å². The predicted octanol–water partition coefficient (Wildman–Crippen LogP) is 16.5. The second kappa shape index (κ2) is 18.7. The average molecular weight is 905 g/mol. The first-order chi connectivity index (χ1) is 38.4. The molecule has 0 unspecified atom stereocenters. The minimum atomic E-state index is -0.626. The summed E-state index contributed by atoms with van der Waals surface area (Å²) in [4.78, 5) is 4.96. The third-order valence-corrected chi connectivity index (χ3v) is 12.4. The molecule has 5 heteroatoms. The van der Waals surface area contributed by atoms with E-state index in [1.54, 1.807) is 18.2 Å². The lowest BCUT2D eigenvalue weighted by Gasteiger charge is -2.17. The number of nitrogens with zero attached hydrogens (tertiary/aromatic N) is 5. The number of rotatable bonds is 11. The van der Waals surface area contributed by atoms with Crippen LogP contribution >= 0.6 is 0 Å². The fourth-order valence-electron chi connectivity index (χ4n) is 8.94. The van der Waals surface area contributed by atoms with Crippen molar-refractivity contribution in [1.29, 1.82) is 0 Å². The molecule has 0 N–H and O–H groups in total. The van der Waals surface area contributed by atoms with E-state index in [2.05, 4.69) is 91.3 Å². The monoisotopic (exact) mass is 904 g/mol. The molecular formula is C65H45N5. The maximum atomic E-state index is 9.06. The van der Waals surface area contributed by atoms with Crippen LogP contribution in [0.3, 0.4) is 0 Å². The van der Waals surface area contributed by atoms with Crippen molar-refractivity contribution in [2.45, 2.75) is 0 Å². The summed E-state index contributed by atoms with van der Waals surface area (Å²) in [5.74, 6) is 0. The van der Waals surface area contributed by atoms with Crippen LogP contribution in [0, 0.1) is 0 Å². The molecule has 0 fully saturated rings. The number of aromatic nitrogens is 5. The summed E-state index contributed by atoms with van der Waals surface area (Å²) in [5, 5.41) is 9.54. The SMILES string of the molecule is [2H]c1c([2H])c([2H])c(-c2c([2H])c([2H])c(-c3cccc(-c4ccc(-c5ccccc5-c5cc(-c6ccccc6-c6cnn(-c7ccccc7)c6)cc(-c6ccccc6-c6cnn(-c7ccccc7)c6)c5)cn4)c3)c([2H])c2[2H])c([2H])c1[2H]. The Morgan fingerprint density at radius 1 is 0.286 bits per heavy atom. The van der Waals surface area contributed by atoms with Gasteiger partial charge < -0.3 is 0 Å². The molecule has 0 bridgehead atoms. The lowest BCUT2D eigenvalue weighted by Crippen LogP contribution is -1.93. The molecule has 330 valence electrons. The van der Waals surface area contributed by atoms with Crippen molar-refractivity contribution in [3.63, 3.8) is 0 Å². The first-order valence-corrected chi connectivity index (χ1v) is 22.8. The van der Waals surface area contributed by atoms with Crippen molar-refractivity contribution < 1.29 is 12.3 Å². The Bertz CT molecular complexity index is 4110. The molecule has 9 aromatic carbocycles. The second-order valence-corrected chi connectivity index (χ2v) is 16.7. The Hall–Kier alpha value is -9.45. The maximum absolute atomic E-state index is 9.06. The second-order valence-electron chi connectivity index (χ2n) is 16.7. The fourth-order valence-corrected chi connectivity index (χ4v) is 8.94. The van der Waals surface area contributed by atoms with Gasteiger partial charge in [0.05, 0.1) is 41.8 Å². The van der Waals surface area contributed by atoms with Gasteiger partial charge in [0.2, 0.25) is 0 Å². The number of pyridine rings is 1. The van der Waals surface area contributed by atoms with Crippen molar-refractivity contribution in [1.82, 2.24) is 24.5 Å². The number of para-hydroxylation sites is 2. The van der Waals surface area contributed by atoms with E-state index in [0.29, 0.717) is 16.8 Å². The van der Waals surface area contributed by atoms with E-state index in [1.807, 2.05) is 119 Å². The molecule has 70 heavy (non-hydrogen) atoms. The van der Waals surface area contributed by atoms with E-state index in [4.69, 9.17) is 27.5 Å². The van der Waals surface area contributed by atoms with Crippen molar-refractivity contribution in [2.75, 3.05) is 0 Å². The molecule has 5 nitrogen and oxygen atoms in total. The smallest absolute Gasteiger partial charge is 0.0702 e. The van der Waals surface area contributed by atoms with Gasteiger partial charge in [0.1, 0.15) is 0 Å². The van der Waals surface area contributed by atoms with Crippen LogP contribution < -0.4 is 0 Å². The number of benzene rings is 9. The normalized spacial score (nSPS) is 12.9. The Morgan fingerprint density at radius 2 is 0.686 bits per heavy atom. The number of hydrogen-bond acceptors (Lipinski definition) is 3. The summed E-state index contributed by atoms with van der Waals surface area (Å²) < 4.78 is 81.2. The lowest BCUT2D eigenvalue weighted by molar-refractivity contribution is 0.881. The maximum Gasteiger partial charge on any atom is 0.0702 e. The molecule has 0 saturated heterocycles. The predicted molar refractivity (Wildman–Crippen MR) is 287 cm³/mol. The zero-order valence-electron chi connectivity index (χ0n) is 46.5. The highest BCUT2D eigenvalue weighted by atomic mass is 15.3. The highest BCUT2D eigenvalue weighted by Gasteiger charge is 2.18. The molecule has 0 spiro atoms. The van der Waals surface area contributed by atoms with E-state index in [9.17, 15) is 0 Å². The van der Waals surface area contributed by atoms with Gasteiger partial charge in [-0.15, -0.1) is 0 Å². The molecule has 0 atom stereocenters. The van der Waals surface area contributed by atoms with Gasteiger partial charge in [0.25, 0.3) is 0 Å². The molecule has 0 aliphatic heterocycles. The number of hydrogen-bond donors (Lipinski definition) is 0. The molecule has 0 aliphatic rings. The largest absolute Gasteiger partial charge is 0.256 e. The van der Waals surface area contributed by atoms with E-state index in [-0.39, 0.29) is 16.7 Å². The van der Waals surface area contributed by atoms with Gasteiger partial charge in [0, 0.05) is 40.8 Å². The fraction of sp³-hybridized carbons (Fsp3) is 0. The van der Waals surface area contributed by atoms with Crippen LogP contribution in [-0.2, 0) is 0 Å². The minimum absolute atomic E-state index is 0.00914. The van der Waals surface area contributed by atoms with Crippen LogP contribution in [0.5, 0.6) is 0 Å². The van der Waals surface area contributed by atoms with Gasteiger partial charge in [-0.2, -0.15) is 10.2 Å². The topological polar surface area (TPSA) is 48.5 Å². The van der Waals surface area contributed by atoms with Crippen LogP contribution in [0.4, 0.5) is 0 Å². The quantitative estimate of drug-likeness (QED) is 0.130. The Kier molecular flexibility index (Phi) is 8.83. The van der Waals surface area contributed by atoms with Gasteiger partial charge in [-0.1, -0.05) is 188 Å². The zero-order chi connectivity index (χ0) is 54.5. The van der Waals surface area contributed by atoms with Crippen LogP contribution in [0.25, 0.3) is 112 Å². The zero-order valence-corrected chi connectivity index (χ0v) is 37.5. The third kappa shape index (κ3) is 8.44. The standard InChI is InChI=1S/C65H45N5/c1-4-17-46(18-5-1)47-31-33-48(34-32-47)49-19-16-20-50(37-49)65-36-35-51(41-66-65)59-25-10-11-26-60(59)52-38-53(61-27-12-14-29-63(61)55-42-67-69(44-55)57-21-6-2-7-22-57)40-54(39-52)62-28-13-15-30-64(62)56-43-68-70(45-56)58-23-8-3-9-24-58/h1-45H/i1D,4D,5D,17D,18D,31D,32D,33D,34D. The van der Waals surface area contributed by atoms with Gasteiger partial charge >= 0.3 is 0 Å². The summed E-state index contributed by atoms with van der Waals surface area (Å²) in [6.45, 7) is 0. The first-order valence-electron chi connectivity index (χ1n) is 27.3. The molecule has 0 saturated carbocycles. The van der Waals surface area contributed by atoms with E-state index in [1.165, 1.54) is 0 Å². The molecular weight excluding hydrogens is 851 g/mol. The van der Waals surface area contributed by atoms with Crippen LogP contribution in [0.2, 0.25) is 0 Å². The molecule has 12 aromatic rings. The highest BCUT2D eigenvalue weighted by molar-refractivity contribution is 5.94. The van der Waals surface area contributed by atoms with E-state index < -0.39 is 54.4 Å². The first kappa shape index (κ1) is 33.1. The highest BCUT2D eigenvalue weighted by Crippen LogP contribution is 2.42. The molecule has 0 aliphatic carbocycles.